The van der Waals surface area contributed by atoms with Gasteiger partial charge in [-0.2, -0.15) is 0 Å². The fraction of sp³-hybridized carbons (Fsp3) is 0.353. The Morgan fingerprint density at radius 3 is 2.72 bits per heavy atom. The number of carbonyl (C=O) groups is 2. The molecule has 8 nitrogen and oxygen atoms in total. The SMILES string of the molecule is COc1cc(C(=O)O)cc(NC(=O)c2cnc3n2CCCC3)c1OC. The molecule has 0 radical (unpaired) electrons. The van der Waals surface area contributed by atoms with Gasteiger partial charge in [0.05, 0.1) is 31.7 Å². The van der Waals surface area contributed by atoms with Gasteiger partial charge in [-0.15, -0.1) is 0 Å². The zero-order valence-electron chi connectivity index (χ0n) is 14.0. The molecule has 2 heterocycles. The Morgan fingerprint density at radius 2 is 2.04 bits per heavy atom. The smallest absolute Gasteiger partial charge is 0.335 e. The number of fused-ring (bicyclic) bond motifs is 1. The highest BCUT2D eigenvalue weighted by Crippen LogP contribution is 2.37. The molecule has 2 aromatic rings. The molecular formula is C17H19N3O5. The lowest BCUT2D eigenvalue weighted by molar-refractivity contribution is 0.0696. The summed E-state index contributed by atoms with van der Waals surface area (Å²) in [5.41, 5.74) is 0.662. The quantitative estimate of drug-likeness (QED) is 0.861. The highest BCUT2D eigenvalue weighted by molar-refractivity contribution is 6.05. The van der Waals surface area contributed by atoms with Crippen LogP contribution in [0.2, 0.25) is 0 Å². The number of ether oxygens (including phenoxy) is 2. The van der Waals surface area contributed by atoms with Gasteiger partial charge < -0.3 is 24.5 Å². The van der Waals surface area contributed by atoms with Crippen molar-refractivity contribution in [1.82, 2.24) is 9.55 Å². The Labute approximate surface area is 144 Å². The maximum Gasteiger partial charge on any atom is 0.335 e. The standard InChI is InChI=1S/C17H19N3O5/c1-24-13-8-10(17(22)23)7-11(15(13)25-2)19-16(21)12-9-18-14-5-3-4-6-20(12)14/h7-9H,3-6H2,1-2H3,(H,19,21)(H,22,23). The van der Waals surface area contributed by atoms with Gasteiger partial charge in [0.2, 0.25) is 0 Å². The van der Waals surface area contributed by atoms with Gasteiger partial charge in [0.1, 0.15) is 11.5 Å². The number of methoxy groups -OCH3 is 2. The van der Waals surface area contributed by atoms with Gasteiger partial charge in [-0.1, -0.05) is 0 Å². The lowest BCUT2D eigenvalue weighted by Gasteiger charge is -2.17. The molecule has 25 heavy (non-hydrogen) atoms. The minimum absolute atomic E-state index is 0.0109. The molecule has 1 aliphatic rings. The molecule has 0 fully saturated rings. The molecule has 1 aromatic heterocycles. The molecule has 3 rings (SSSR count). The Morgan fingerprint density at radius 1 is 1.24 bits per heavy atom. The molecule has 1 amide bonds. The van der Waals surface area contributed by atoms with Crippen molar-refractivity contribution < 1.29 is 24.2 Å². The van der Waals surface area contributed by atoms with Crippen LogP contribution in [0.4, 0.5) is 5.69 Å². The van der Waals surface area contributed by atoms with Crippen molar-refractivity contribution in [3.8, 4) is 11.5 Å². The van der Waals surface area contributed by atoms with E-state index in [9.17, 15) is 14.7 Å². The van der Waals surface area contributed by atoms with Crippen LogP contribution in [0.15, 0.2) is 18.3 Å². The van der Waals surface area contributed by atoms with Crippen LogP contribution in [0, 0.1) is 0 Å². The highest BCUT2D eigenvalue weighted by atomic mass is 16.5. The van der Waals surface area contributed by atoms with E-state index >= 15 is 0 Å². The fourth-order valence-electron chi connectivity index (χ4n) is 2.96. The highest BCUT2D eigenvalue weighted by Gasteiger charge is 2.22. The zero-order chi connectivity index (χ0) is 18.0. The first kappa shape index (κ1) is 16.8. The first-order valence-corrected chi connectivity index (χ1v) is 7.90. The predicted molar refractivity (Wildman–Crippen MR) is 89.6 cm³/mol. The number of hydrogen-bond donors (Lipinski definition) is 2. The summed E-state index contributed by atoms with van der Waals surface area (Å²) >= 11 is 0. The number of aromatic carboxylic acids is 1. The van der Waals surface area contributed by atoms with E-state index < -0.39 is 5.97 Å². The third kappa shape index (κ3) is 3.15. The number of aryl methyl sites for hydroxylation is 1. The number of imidazole rings is 1. The van der Waals surface area contributed by atoms with Crippen LogP contribution in [-0.2, 0) is 13.0 Å². The number of carbonyl (C=O) groups excluding carboxylic acids is 1. The van der Waals surface area contributed by atoms with Crippen LogP contribution in [0.1, 0.15) is 39.5 Å². The van der Waals surface area contributed by atoms with Gasteiger partial charge in [-0.25, -0.2) is 9.78 Å². The molecule has 132 valence electrons. The maximum absolute atomic E-state index is 12.7. The maximum atomic E-state index is 12.7. The lowest BCUT2D eigenvalue weighted by atomic mass is 10.1. The average molecular weight is 345 g/mol. The first-order chi connectivity index (χ1) is 12.0. The Hall–Kier alpha value is -3.03. The van der Waals surface area contributed by atoms with E-state index in [0.717, 1.165) is 31.6 Å². The van der Waals surface area contributed by atoms with Crippen LogP contribution in [0.3, 0.4) is 0 Å². The normalized spacial score (nSPS) is 13.0. The molecule has 0 saturated heterocycles. The van der Waals surface area contributed by atoms with E-state index in [0.29, 0.717) is 5.69 Å². The van der Waals surface area contributed by atoms with Gasteiger partial charge in [0.25, 0.3) is 5.91 Å². The van der Waals surface area contributed by atoms with Crippen molar-refractivity contribution in [3.05, 3.63) is 35.4 Å². The van der Waals surface area contributed by atoms with Crippen LogP contribution >= 0.6 is 0 Å². The molecule has 0 spiro atoms. The fourth-order valence-corrected chi connectivity index (χ4v) is 2.96. The number of amides is 1. The second-order valence-corrected chi connectivity index (χ2v) is 5.69. The summed E-state index contributed by atoms with van der Waals surface area (Å²) in [5.74, 6) is -0.116. The summed E-state index contributed by atoms with van der Waals surface area (Å²) in [6.07, 6.45) is 4.44. The Bertz CT molecular complexity index is 828. The summed E-state index contributed by atoms with van der Waals surface area (Å²) in [6.45, 7) is 0.744. The predicted octanol–water partition coefficient (Wildman–Crippen LogP) is 2.19. The molecule has 2 N–H and O–H groups in total. The number of hydrogen-bond acceptors (Lipinski definition) is 5. The summed E-state index contributed by atoms with van der Waals surface area (Å²) in [7, 11) is 2.83. The number of carboxylic acids is 1. The summed E-state index contributed by atoms with van der Waals surface area (Å²) in [4.78, 5) is 28.3. The number of nitrogens with one attached hydrogen (secondary N) is 1. The molecule has 1 aromatic carbocycles. The number of carboxylic acid groups (broad SMARTS) is 1. The number of anilines is 1. The molecule has 0 saturated carbocycles. The molecule has 1 aliphatic heterocycles. The minimum atomic E-state index is -1.13. The van der Waals surface area contributed by atoms with Gasteiger partial charge in [-0.3, -0.25) is 4.79 Å². The second kappa shape index (κ2) is 6.84. The summed E-state index contributed by atoms with van der Waals surface area (Å²) < 4.78 is 12.3. The summed E-state index contributed by atoms with van der Waals surface area (Å²) in [5, 5.41) is 12.0. The van der Waals surface area contributed by atoms with Crippen LogP contribution < -0.4 is 14.8 Å². The van der Waals surface area contributed by atoms with Crippen molar-refractivity contribution >= 4 is 17.6 Å². The van der Waals surface area contributed by atoms with E-state index in [1.807, 2.05) is 4.57 Å². The van der Waals surface area contributed by atoms with Crippen LogP contribution in [-0.4, -0.2) is 40.8 Å². The largest absolute Gasteiger partial charge is 0.493 e. The molecular weight excluding hydrogens is 326 g/mol. The van der Waals surface area contributed by atoms with Crippen LogP contribution in [0.25, 0.3) is 0 Å². The van der Waals surface area contributed by atoms with Gasteiger partial charge in [0, 0.05) is 13.0 Å². The summed E-state index contributed by atoms with van der Waals surface area (Å²) in [6, 6.07) is 2.69. The topological polar surface area (TPSA) is 103 Å². The lowest BCUT2D eigenvalue weighted by Crippen LogP contribution is -2.21. The van der Waals surface area contributed by atoms with E-state index in [1.165, 1.54) is 26.4 Å². The van der Waals surface area contributed by atoms with E-state index in [1.54, 1.807) is 6.20 Å². The number of nitrogens with zero attached hydrogens (tertiary/aromatic N) is 2. The van der Waals surface area contributed by atoms with Gasteiger partial charge in [0.15, 0.2) is 11.5 Å². The molecule has 0 atom stereocenters. The molecule has 0 aliphatic carbocycles. The van der Waals surface area contributed by atoms with E-state index in [-0.39, 0.29) is 28.7 Å². The zero-order valence-corrected chi connectivity index (χ0v) is 14.0. The Kier molecular flexibility index (Phi) is 4.60. The average Bonchev–Trinajstić information content (AvgIpc) is 3.05. The van der Waals surface area contributed by atoms with Gasteiger partial charge in [-0.05, 0) is 25.0 Å². The van der Waals surface area contributed by atoms with Crippen molar-refractivity contribution in [3.63, 3.8) is 0 Å². The molecule has 0 unspecified atom stereocenters. The van der Waals surface area contributed by atoms with Crippen molar-refractivity contribution in [1.29, 1.82) is 0 Å². The van der Waals surface area contributed by atoms with E-state index in [4.69, 9.17) is 9.47 Å². The van der Waals surface area contributed by atoms with E-state index in [2.05, 4.69) is 10.3 Å². The van der Waals surface area contributed by atoms with Crippen molar-refractivity contribution in [2.45, 2.75) is 25.8 Å². The van der Waals surface area contributed by atoms with Gasteiger partial charge >= 0.3 is 5.97 Å². The number of benzene rings is 1. The first-order valence-electron chi connectivity index (χ1n) is 7.90. The molecule has 8 heteroatoms. The minimum Gasteiger partial charge on any atom is -0.493 e. The van der Waals surface area contributed by atoms with Crippen molar-refractivity contribution in [2.24, 2.45) is 0 Å². The molecule has 0 bridgehead atoms. The third-order valence-electron chi connectivity index (χ3n) is 4.18. The third-order valence-corrected chi connectivity index (χ3v) is 4.18. The van der Waals surface area contributed by atoms with Crippen LogP contribution in [0.5, 0.6) is 11.5 Å². The second-order valence-electron chi connectivity index (χ2n) is 5.69. The number of rotatable bonds is 5. The Balaban J connectivity index is 1.96. The van der Waals surface area contributed by atoms with Crippen molar-refractivity contribution in [2.75, 3.05) is 19.5 Å². The number of aromatic nitrogens is 2. The monoisotopic (exact) mass is 345 g/mol.